The standard InChI is InChI=1S/C20H30N2O3/c1-4-25-18-7-5-6-16(12-18)19(23)22-10-8-20(9-11-22)13-17(14-24-3)21(2)15-20/h5-7,12,17H,4,8-11,13-15H2,1-3H3/t17-/m0/s1. The number of rotatable bonds is 5. The van der Waals surface area contributed by atoms with Gasteiger partial charge in [-0.05, 0) is 56.8 Å². The van der Waals surface area contributed by atoms with Crippen LogP contribution in [0.3, 0.4) is 0 Å². The van der Waals surface area contributed by atoms with Crippen molar-refractivity contribution >= 4 is 5.91 Å². The highest BCUT2D eigenvalue weighted by Gasteiger charge is 2.44. The van der Waals surface area contributed by atoms with Crippen LogP contribution in [-0.2, 0) is 4.74 Å². The Bertz CT molecular complexity index is 596. The second kappa shape index (κ2) is 7.75. The number of benzene rings is 1. The number of piperidine rings is 1. The summed E-state index contributed by atoms with van der Waals surface area (Å²) in [4.78, 5) is 17.3. The fourth-order valence-corrected chi connectivity index (χ4v) is 4.37. The molecule has 0 aliphatic carbocycles. The quantitative estimate of drug-likeness (QED) is 0.822. The lowest BCUT2D eigenvalue weighted by Gasteiger charge is -2.39. The van der Waals surface area contributed by atoms with Crippen molar-refractivity contribution in [3.05, 3.63) is 29.8 Å². The van der Waals surface area contributed by atoms with Crippen molar-refractivity contribution in [2.75, 3.05) is 47.0 Å². The molecule has 2 aliphatic heterocycles. The Morgan fingerprint density at radius 2 is 2.08 bits per heavy atom. The minimum absolute atomic E-state index is 0.121. The van der Waals surface area contributed by atoms with Gasteiger partial charge in [-0.25, -0.2) is 0 Å². The predicted octanol–water partition coefficient (Wildman–Crippen LogP) is 2.66. The molecule has 0 bridgehead atoms. The average molecular weight is 346 g/mol. The molecule has 1 aromatic rings. The Balaban J connectivity index is 1.61. The molecular weight excluding hydrogens is 316 g/mol. The highest BCUT2D eigenvalue weighted by atomic mass is 16.5. The van der Waals surface area contributed by atoms with Gasteiger partial charge in [-0.1, -0.05) is 6.07 Å². The molecule has 0 N–H and O–H groups in total. The molecule has 2 heterocycles. The Morgan fingerprint density at radius 3 is 2.76 bits per heavy atom. The van der Waals surface area contributed by atoms with Gasteiger partial charge in [0.1, 0.15) is 5.75 Å². The number of likely N-dealkylation sites (N-methyl/N-ethyl adjacent to an activating group) is 1. The number of methoxy groups -OCH3 is 1. The van der Waals surface area contributed by atoms with Crippen molar-refractivity contribution in [3.63, 3.8) is 0 Å². The van der Waals surface area contributed by atoms with Crippen molar-refractivity contribution in [3.8, 4) is 5.75 Å². The van der Waals surface area contributed by atoms with Gasteiger partial charge < -0.3 is 19.3 Å². The third kappa shape index (κ3) is 3.98. The van der Waals surface area contributed by atoms with E-state index < -0.39 is 0 Å². The molecule has 3 rings (SSSR count). The van der Waals surface area contributed by atoms with Crippen LogP contribution in [-0.4, -0.2) is 68.8 Å². The van der Waals surface area contributed by atoms with Crippen molar-refractivity contribution < 1.29 is 14.3 Å². The summed E-state index contributed by atoms with van der Waals surface area (Å²) < 4.78 is 10.9. The van der Waals surface area contributed by atoms with E-state index in [1.807, 2.05) is 36.1 Å². The molecule has 138 valence electrons. The molecule has 2 saturated heterocycles. The van der Waals surface area contributed by atoms with Crippen molar-refractivity contribution in [1.29, 1.82) is 0 Å². The van der Waals surface area contributed by atoms with E-state index in [-0.39, 0.29) is 5.91 Å². The molecule has 1 atom stereocenters. The summed E-state index contributed by atoms with van der Waals surface area (Å²) in [5, 5.41) is 0. The number of hydrogen-bond acceptors (Lipinski definition) is 4. The summed E-state index contributed by atoms with van der Waals surface area (Å²) >= 11 is 0. The molecule has 2 aliphatic rings. The molecule has 5 heteroatoms. The normalized spacial score (nSPS) is 23.2. The van der Waals surface area contributed by atoms with Crippen LogP contribution >= 0.6 is 0 Å². The van der Waals surface area contributed by atoms with Gasteiger partial charge in [-0.15, -0.1) is 0 Å². The van der Waals surface area contributed by atoms with Crippen LogP contribution in [0, 0.1) is 5.41 Å². The van der Waals surface area contributed by atoms with Gasteiger partial charge in [0.05, 0.1) is 13.2 Å². The van der Waals surface area contributed by atoms with E-state index >= 15 is 0 Å². The lowest BCUT2D eigenvalue weighted by molar-refractivity contribution is 0.0591. The maximum Gasteiger partial charge on any atom is 0.253 e. The van der Waals surface area contributed by atoms with Crippen LogP contribution in [0.25, 0.3) is 0 Å². The van der Waals surface area contributed by atoms with Gasteiger partial charge in [-0.2, -0.15) is 0 Å². The number of hydrogen-bond donors (Lipinski definition) is 0. The number of ether oxygens (including phenoxy) is 2. The summed E-state index contributed by atoms with van der Waals surface area (Å²) in [6.45, 7) is 6.15. The molecule has 0 aromatic heterocycles. The highest BCUT2D eigenvalue weighted by Crippen LogP contribution is 2.43. The molecule has 5 nitrogen and oxygen atoms in total. The van der Waals surface area contributed by atoms with Crippen LogP contribution in [0.15, 0.2) is 24.3 Å². The van der Waals surface area contributed by atoms with E-state index in [0.29, 0.717) is 18.1 Å². The second-order valence-electron chi connectivity index (χ2n) is 7.48. The number of likely N-dealkylation sites (tertiary alicyclic amines) is 2. The van der Waals surface area contributed by atoms with Gasteiger partial charge in [-0.3, -0.25) is 4.79 Å². The van der Waals surface area contributed by atoms with E-state index in [1.165, 1.54) is 6.42 Å². The Kier molecular flexibility index (Phi) is 5.64. The molecule has 2 fully saturated rings. The molecule has 25 heavy (non-hydrogen) atoms. The minimum Gasteiger partial charge on any atom is -0.494 e. The summed E-state index contributed by atoms with van der Waals surface area (Å²) in [6, 6.07) is 8.04. The van der Waals surface area contributed by atoms with E-state index in [1.54, 1.807) is 7.11 Å². The lowest BCUT2D eigenvalue weighted by atomic mass is 9.76. The van der Waals surface area contributed by atoms with Crippen LogP contribution in [0.2, 0.25) is 0 Å². The molecule has 0 saturated carbocycles. The first kappa shape index (κ1) is 18.2. The lowest BCUT2D eigenvalue weighted by Crippen LogP contribution is -2.44. The Hall–Kier alpha value is -1.59. The SMILES string of the molecule is CCOc1cccc(C(=O)N2CCC3(CC2)C[C@@H](COC)N(C)C3)c1. The third-order valence-electron chi connectivity index (χ3n) is 5.74. The van der Waals surface area contributed by atoms with Gasteiger partial charge >= 0.3 is 0 Å². The highest BCUT2D eigenvalue weighted by molar-refractivity contribution is 5.94. The predicted molar refractivity (Wildman–Crippen MR) is 98.1 cm³/mol. The summed E-state index contributed by atoms with van der Waals surface area (Å²) in [6.07, 6.45) is 3.34. The zero-order chi connectivity index (χ0) is 17.9. The largest absolute Gasteiger partial charge is 0.494 e. The van der Waals surface area contributed by atoms with Crippen molar-refractivity contribution in [2.45, 2.75) is 32.2 Å². The van der Waals surface area contributed by atoms with Gasteiger partial charge in [0.25, 0.3) is 5.91 Å². The maximum atomic E-state index is 12.8. The van der Waals surface area contributed by atoms with Crippen molar-refractivity contribution in [1.82, 2.24) is 9.80 Å². The first-order valence-corrected chi connectivity index (χ1v) is 9.28. The van der Waals surface area contributed by atoms with Gasteiger partial charge in [0, 0.05) is 38.3 Å². The summed E-state index contributed by atoms with van der Waals surface area (Å²) in [5.74, 6) is 0.887. The van der Waals surface area contributed by atoms with Gasteiger partial charge in [0.15, 0.2) is 0 Å². The van der Waals surface area contributed by atoms with Crippen LogP contribution in [0.5, 0.6) is 5.75 Å². The number of carbonyl (C=O) groups is 1. The van der Waals surface area contributed by atoms with E-state index in [9.17, 15) is 4.79 Å². The number of amides is 1. The van der Waals surface area contributed by atoms with Crippen LogP contribution < -0.4 is 4.74 Å². The van der Waals surface area contributed by atoms with E-state index in [4.69, 9.17) is 9.47 Å². The molecule has 0 radical (unpaired) electrons. The number of nitrogens with zero attached hydrogens (tertiary/aromatic N) is 2. The van der Waals surface area contributed by atoms with Gasteiger partial charge in [0.2, 0.25) is 0 Å². The van der Waals surface area contributed by atoms with Crippen LogP contribution in [0.4, 0.5) is 0 Å². The molecular formula is C20H30N2O3. The molecule has 1 aromatic carbocycles. The molecule has 1 spiro atoms. The Morgan fingerprint density at radius 1 is 1.32 bits per heavy atom. The summed E-state index contributed by atoms with van der Waals surface area (Å²) in [7, 11) is 3.96. The van der Waals surface area contributed by atoms with Crippen LogP contribution in [0.1, 0.15) is 36.5 Å². The first-order valence-electron chi connectivity index (χ1n) is 9.28. The van der Waals surface area contributed by atoms with Crippen molar-refractivity contribution in [2.24, 2.45) is 5.41 Å². The second-order valence-corrected chi connectivity index (χ2v) is 7.48. The summed E-state index contributed by atoms with van der Waals surface area (Å²) in [5.41, 5.74) is 1.07. The molecule has 1 amide bonds. The zero-order valence-electron chi connectivity index (χ0n) is 15.7. The van der Waals surface area contributed by atoms with E-state index in [0.717, 1.165) is 50.4 Å². The molecule has 0 unspecified atom stereocenters. The fourth-order valence-electron chi connectivity index (χ4n) is 4.37. The fraction of sp³-hybridized carbons (Fsp3) is 0.650. The smallest absolute Gasteiger partial charge is 0.253 e. The van der Waals surface area contributed by atoms with E-state index in [2.05, 4.69) is 11.9 Å². The number of carbonyl (C=O) groups excluding carboxylic acids is 1. The topological polar surface area (TPSA) is 42.0 Å². The Labute approximate surface area is 150 Å². The third-order valence-corrected chi connectivity index (χ3v) is 5.74. The monoisotopic (exact) mass is 346 g/mol. The average Bonchev–Trinajstić information content (AvgIpc) is 2.91. The first-order chi connectivity index (χ1) is 12.1. The minimum atomic E-state index is 0.121. The maximum absolute atomic E-state index is 12.8. The zero-order valence-corrected chi connectivity index (χ0v) is 15.7.